The van der Waals surface area contributed by atoms with Crippen LogP contribution in [0.3, 0.4) is 0 Å². The van der Waals surface area contributed by atoms with Crippen molar-refractivity contribution in [3.05, 3.63) is 68.2 Å². The second kappa shape index (κ2) is 6.14. The molecule has 3 rings (SSSR count). The van der Waals surface area contributed by atoms with Crippen LogP contribution in [-0.2, 0) is 24.1 Å². The first-order valence-corrected chi connectivity index (χ1v) is 9.40. The third-order valence-electron chi connectivity index (χ3n) is 4.62. The molecular formula is C18H19N3O4S. The maximum absolute atomic E-state index is 12.8. The third-order valence-corrected chi connectivity index (χ3v) is 5.98. The quantitative estimate of drug-likeness (QED) is 0.707. The van der Waals surface area contributed by atoms with Gasteiger partial charge in [0.25, 0.3) is 10.0 Å². The molecule has 26 heavy (non-hydrogen) atoms. The van der Waals surface area contributed by atoms with Crippen LogP contribution < -0.4 is 15.8 Å². The average molecular weight is 373 g/mol. The van der Waals surface area contributed by atoms with E-state index in [0.29, 0.717) is 16.7 Å². The van der Waals surface area contributed by atoms with Crippen molar-refractivity contribution in [2.24, 2.45) is 14.1 Å². The van der Waals surface area contributed by atoms with Gasteiger partial charge in [0, 0.05) is 14.1 Å². The fraction of sp³-hybridized carbons (Fsp3) is 0.222. The summed E-state index contributed by atoms with van der Waals surface area (Å²) in [6, 6.07) is 9.71. The third kappa shape index (κ3) is 2.82. The highest BCUT2D eigenvalue weighted by Gasteiger charge is 2.18. The summed E-state index contributed by atoms with van der Waals surface area (Å²) < 4.78 is 30.5. The van der Waals surface area contributed by atoms with Crippen molar-refractivity contribution in [1.29, 1.82) is 0 Å². The Kier molecular flexibility index (Phi) is 4.23. The minimum atomic E-state index is -3.85. The van der Waals surface area contributed by atoms with E-state index in [4.69, 9.17) is 0 Å². The van der Waals surface area contributed by atoms with E-state index >= 15 is 0 Å². The van der Waals surface area contributed by atoms with Gasteiger partial charge in [-0.1, -0.05) is 12.1 Å². The van der Waals surface area contributed by atoms with E-state index < -0.39 is 21.1 Å². The molecule has 0 radical (unpaired) electrons. The Labute approximate surface area is 150 Å². The molecule has 8 heteroatoms. The maximum Gasteiger partial charge on any atom is 0.316 e. The molecule has 1 N–H and O–H groups in total. The molecule has 0 aliphatic heterocycles. The summed E-state index contributed by atoms with van der Waals surface area (Å²) >= 11 is 0. The molecular weight excluding hydrogens is 354 g/mol. The average Bonchev–Trinajstić information content (AvgIpc) is 2.61. The molecule has 0 amide bonds. The van der Waals surface area contributed by atoms with Crippen LogP contribution in [-0.4, -0.2) is 17.6 Å². The van der Waals surface area contributed by atoms with Gasteiger partial charge in [0.2, 0.25) is 0 Å². The Balaban J connectivity index is 2.17. The summed E-state index contributed by atoms with van der Waals surface area (Å²) in [6.45, 7) is 3.74. The lowest BCUT2D eigenvalue weighted by atomic mass is 10.1. The largest absolute Gasteiger partial charge is 0.316 e. The Morgan fingerprint density at radius 2 is 1.50 bits per heavy atom. The van der Waals surface area contributed by atoms with Gasteiger partial charge in [0.05, 0.1) is 21.6 Å². The highest BCUT2D eigenvalue weighted by atomic mass is 32.2. The number of hydrogen-bond acceptors (Lipinski definition) is 4. The first-order valence-electron chi connectivity index (χ1n) is 7.92. The minimum Gasteiger partial charge on any atom is -0.305 e. The van der Waals surface area contributed by atoms with Gasteiger partial charge in [-0.15, -0.1) is 0 Å². The van der Waals surface area contributed by atoms with Crippen LogP contribution in [0.2, 0.25) is 0 Å². The van der Waals surface area contributed by atoms with E-state index in [1.165, 1.54) is 36.9 Å². The molecule has 0 saturated heterocycles. The van der Waals surface area contributed by atoms with E-state index in [1.807, 2.05) is 19.9 Å². The molecule has 7 nitrogen and oxygen atoms in total. The topological polar surface area (TPSA) is 90.2 Å². The molecule has 136 valence electrons. The molecule has 0 unspecified atom stereocenters. The SMILES string of the molecule is Cc1cccc(NS(=O)(=O)c2ccc3c(c2)n(C)c(=O)c(=O)n3C)c1C. The van der Waals surface area contributed by atoms with Crippen LogP contribution >= 0.6 is 0 Å². The normalized spacial score (nSPS) is 11.7. The van der Waals surface area contributed by atoms with Crippen LogP contribution in [0.1, 0.15) is 11.1 Å². The van der Waals surface area contributed by atoms with Crippen LogP contribution in [0.5, 0.6) is 0 Å². The lowest BCUT2D eigenvalue weighted by Crippen LogP contribution is -2.39. The smallest absolute Gasteiger partial charge is 0.305 e. The van der Waals surface area contributed by atoms with Gasteiger partial charge in [-0.05, 0) is 49.2 Å². The molecule has 0 atom stereocenters. The first kappa shape index (κ1) is 17.9. The molecule has 0 bridgehead atoms. The lowest BCUT2D eigenvalue weighted by molar-refractivity contribution is 0.601. The summed E-state index contributed by atoms with van der Waals surface area (Å²) in [5.41, 5.74) is 1.78. The summed E-state index contributed by atoms with van der Waals surface area (Å²) in [4.78, 5) is 23.9. The maximum atomic E-state index is 12.8. The highest BCUT2D eigenvalue weighted by molar-refractivity contribution is 7.92. The molecule has 1 heterocycles. The van der Waals surface area contributed by atoms with Crippen molar-refractivity contribution in [2.75, 3.05) is 4.72 Å². The lowest BCUT2D eigenvalue weighted by Gasteiger charge is -2.14. The Morgan fingerprint density at radius 3 is 2.15 bits per heavy atom. The second-order valence-corrected chi connectivity index (χ2v) is 7.91. The van der Waals surface area contributed by atoms with Crippen molar-refractivity contribution in [3.63, 3.8) is 0 Å². The molecule has 0 saturated carbocycles. The number of nitrogens with one attached hydrogen (secondary N) is 1. The highest BCUT2D eigenvalue weighted by Crippen LogP contribution is 2.23. The number of hydrogen-bond donors (Lipinski definition) is 1. The summed E-state index contributed by atoms with van der Waals surface area (Å²) in [5.74, 6) is 0. The molecule has 0 aliphatic rings. The van der Waals surface area contributed by atoms with Crippen molar-refractivity contribution in [2.45, 2.75) is 18.7 Å². The fourth-order valence-electron chi connectivity index (χ4n) is 2.79. The number of rotatable bonds is 3. The number of nitrogens with zero attached hydrogens (tertiary/aromatic N) is 2. The fourth-order valence-corrected chi connectivity index (χ4v) is 3.94. The number of benzene rings is 2. The zero-order valence-corrected chi connectivity index (χ0v) is 15.7. The Bertz CT molecular complexity index is 1250. The van der Waals surface area contributed by atoms with Crippen molar-refractivity contribution < 1.29 is 8.42 Å². The number of aromatic nitrogens is 2. The standard InChI is InChI=1S/C18H19N3O4S/c1-11-6-5-7-14(12(11)2)19-26(24,25)13-8-9-15-16(10-13)21(4)18(23)17(22)20(15)3/h5-10,19H,1-4H3. The van der Waals surface area contributed by atoms with Crippen LogP contribution in [0.15, 0.2) is 50.9 Å². The number of anilines is 1. The molecule has 1 aromatic heterocycles. The van der Waals surface area contributed by atoms with Gasteiger partial charge < -0.3 is 9.13 Å². The summed E-state index contributed by atoms with van der Waals surface area (Å²) in [7, 11) is -0.924. The predicted molar refractivity (Wildman–Crippen MR) is 101 cm³/mol. The van der Waals surface area contributed by atoms with Crippen LogP contribution in [0.25, 0.3) is 11.0 Å². The van der Waals surface area contributed by atoms with Gasteiger partial charge in [0.1, 0.15) is 0 Å². The van der Waals surface area contributed by atoms with Gasteiger partial charge in [-0.25, -0.2) is 8.42 Å². The van der Waals surface area contributed by atoms with Crippen molar-refractivity contribution >= 4 is 26.7 Å². The van der Waals surface area contributed by atoms with E-state index in [2.05, 4.69) is 4.72 Å². The second-order valence-electron chi connectivity index (χ2n) is 6.23. The number of sulfonamides is 1. The van der Waals surface area contributed by atoms with Crippen LogP contribution in [0, 0.1) is 13.8 Å². The van der Waals surface area contributed by atoms with Gasteiger partial charge in [0.15, 0.2) is 0 Å². The first-order chi connectivity index (χ1) is 12.1. The molecule has 3 aromatic rings. The summed E-state index contributed by atoms with van der Waals surface area (Å²) in [5, 5.41) is 0. The Hall–Kier alpha value is -2.87. The summed E-state index contributed by atoms with van der Waals surface area (Å²) in [6.07, 6.45) is 0. The molecule has 0 spiro atoms. The van der Waals surface area contributed by atoms with Crippen molar-refractivity contribution in [3.8, 4) is 0 Å². The zero-order valence-electron chi connectivity index (χ0n) is 14.9. The van der Waals surface area contributed by atoms with E-state index in [0.717, 1.165) is 15.7 Å². The minimum absolute atomic E-state index is 0.0135. The van der Waals surface area contributed by atoms with Gasteiger partial charge in [-0.2, -0.15) is 0 Å². The Morgan fingerprint density at radius 1 is 0.885 bits per heavy atom. The molecule has 0 aliphatic carbocycles. The van der Waals surface area contributed by atoms with Gasteiger partial charge >= 0.3 is 11.1 Å². The van der Waals surface area contributed by atoms with E-state index in [1.54, 1.807) is 12.1 Å². The molecule has 0 fully saturated rings. The van der Waals surface area contributed by atoms with E-state index in [-0.39, 0.29) is 4.90 Å². The zero-order chi connectivity index (χ0) is 19.2. The van der Waals surface area contributed by atoms with Gasteiger partial charge in [-0.3, -0.25) is 14.3 Å². The number of aryl methyl sites for hydroxylation is 3. The number of fused-ring (bicyclic) bond motifs is 1. The molecule has 2 aromatic carbocycles. The van der Waals surface area contributed by atoms with Crippen molar-refractivity contribution in [1.82, 2.24) is 9.13 Å². The van der Waals surface area contributed by atoms with Crippen LogP contribution in [0.4, 0.5) is 5.69 Å². The monoisotopic (exact) mass is 373 g/mol. The predicted octanol–water partition coefficient (Wildman–Crippen LogP) is 1.65. The van der Waals surface area contributed by atoms with E-state index in [9.17, 15) is 18.0 Å².